The second-order valence-corrected chi connectivity index (χ2v) is 9.37. The van der Waals surface area contributed by atoms with Gasteiger partial charge in [0.2, 0.25) is 0 Å². The van der Waals surface area contributed by atoms with Crippen LogP contribution in [0.5, 0.6) is 0 Å². The zero-order chi connectivity index (χ0) is 16.1. The molecule has 120 valence electrons. The molecule has 0 saturated heterocycles. The van der Waals surface area contributed by atoms with Crippen molar-refractivity contribution in [2.24, 2.45) is 0 Å². The average Bonchev–Trinajstić information content (AvgIpc) is 3.14. The van der Waals surface area contributed by atoms with Crippen molar-refractivity contribution in [2.75, 3.05) is 0 Å². The molecule has 3 aromatic heterocycles. The zero-order valence-electron chi connectivity index (χ0n) is 13.2. The molecule has 0 amide bonds. The van der Waals surface area contributed by atoms with Crippen LogP contribution in [0.15, 0.2) is 33.6 Å². The van der Waals surface area contributed by atoms with Crippen LogP contribution in [-0.2, 0) is 12.8 Å². The molecule has 1 aliphatic carbocycles. The van der Waals surface area contributed by atoms with Gasteiger partial charge in [-0.1, -0.05) is 12.1 Å². The first-order chi connectivity index (χ1) is 11.8. The summed E-state index contributed by atoms with van der Waals surface area (Å²) in [5.41, 5.74) is 2.56. The van der Waals surface area contributed by atoms with E-state index in [-0.39, 0.29) is 0 Å². The molecule has 0 atom stereocenters. The predicted molar refractivity (Wildman–Crippen MR) is 103 cm³/mol. The van der Waals surface area contributed by atoms with Crippen LogP contribution in [0.1, 0.15) is 29.1 Å². The average molecular weight is 370 g/mol. The summed E-state index contributed by atoms with van der Waals surface area (Å²) >= 11 is 5.30. The van der Waals surface area contributed by atoms with Crippen molar-refractivity contribution >= 4 is 54.9 Å². The molecule has 0 saturated carbocycles. The van der Waals surface area contributed by atoms with Gasteiger partial charge in [-0.05, 0) is 62.1 Å². The summed E-state index contributed by atoms with van der Waals surface area (Å²) in [5.74, 6) is 0.852. The fraction of sp³-hybridized carbons (Fsp3) is 0.278. The van der Waals surface area contributed by atoms with Gasteiger partial charge < -0.3 is 0 Å². The summed E-state index contributed by atoms with van der Waals surface area (Å²) in [4.78, 5) is 16.9. The molecule has 4 aromatic rings. The van der Waals surface area contributed by atoms with Crippen molar-refractivity contribution in [3.63, 3.8) is 0 Å². The summed E-state index contributed by atoms with van der Waals surface area (Å²) in [5, 5.41) is 2.36. The minimum atomic E-state index is 0.852. The summed E-state index contributed by atoms with van der Waals surface area (Å²) < 4.78 is 2.29. The van der Waals surface area contributed by atoms with E-state index >= 15 is 0 Å². The molecule has 6 heteroatoms. The summed E-state index contributed by atoms with van der Waals surface area (Å²) in [6.45, 7) is 1.99. The lowest BCUT2D eigenvalue weighted by atomic mass is 9.97. The van der Waals surface area contributed by atoms with Gasteiger partial charge in [0.15, 0.2) is 4.34 Å². The Labute approximate surface area is 152 Å². The summed E-state index contributed by atoms with van der Waals surface area (Å²) in [6.07, 6.45) is 4.93. The number of fused-ring (bicyclic) bond motifs is 4. The highest BCUT2D eigenvalue weighted by molar-refractivity contribution is 8.01. The Morgan fingerprint density at radius 3 is 2.79 bits per heavy atom. The molecule has 0 radical (unpaired) electrons. The van der Waals surface area contributed by atoms with Crippen LogP contribution in [0.2, 0.25) is 0 Å². The first-order valence-corrected chi connectivity index (χ1v) is 10.6. The highest BCUT2D eigenvalue weighted by atomic mass is 32.2. The van der Waals surface area contributed by atoms with Crippen LogP contribution in [0.4, 0.5) is 0 Å². The molecule has 0 unspecified atom stereocenters. The minimum Gasteiger partial charge on any atom is -0.229 e. The fourth-order valence-corrected chi connectivity index (χ4v) is 6.83. The smallest absolute Gasteiger partial charge is 0.157 e. The number of aryl methyl sites for hydroxylation is 3. The molecule has 0 aliphatic heterocycles. The van der Waals surface area contributed by atoms with Crippen LogP contribution in [0.3, 0.4) is 0 Å². The van der Waals surface area contributed by atoms with Crippen molar-refractivity contribution in [1.29, 1.82) is 0 Å². The fourth-order valence-electron chi connectivity index (χ4n) is 3.28. The molecule has 5 rings (SSSR count). The van der Waals surface area contributed by atoms with Gasteiger partial charge in [0.1, 0.15) is 15.7 Å². The lowest BCUT2D eigenvalue weighted by Crippen LogP contribution is -1.99. The molecule has 0 fully saturated rings. The van der Waals surface area contributed by atoms with Crippen molar-refractivity contribution < 1.29 is 0 Å². The standard InChI is InChI=1S/C18H15N3S3/c1-10-19-16-15(11-6-2-4-8-13(11)22-16)17(20-10)24-18-21-12-7-3-5-9-14(12)23-18/h3,5,7,9H,2,4,6,8H2,1H3. The van der Waals surface area contributed by atoms with Gasteiger partial charge in [-0.25, -0.2) is 15.0 Å². The maximum absolute atomic E-state index is 4.77. The Kier molecular flexibility index (Phi) is 3.57. The normalized spacial score (nSPS) is 14.4. The van der Waals surface area contributed by atoms with Crippen molar-refractivity contribution in [3.05, 3.63) is 40.5 Å². The van der Waals surface area contributed by atoms with E-state index in [4.69, 9.17) is 15.0 Å². The van der Waals surface area contributed by atoms with E-state index in [1.807, 2.05) is 24.3 Å². The maximum Gasteiger partial charge on any atom is 0.157 e. The first-order valence-electron chi connectivity index (χ1n) is 8.10. The van der Waals surface area contributed by atoms with E-state index in [0.29, 0.717) is 0 Å². The van der Waals surface area contributed by atoms with E-state index in [1.165, 1.54) is 39.8 Å². The molecule has 1 aromatic carbocycles. The van der Waals surface area contributed by atoms with Crippen molar-refractivity contribution in [2.45, 2.75) is 42.0 Å². The number of nitrogens with zero attached hydrogens (tertiary/aromatic N) is 3. The molecule has 3 nitrogen and oxygen atoms in total. The molecule has 1 aliphatic rings. The molecular weight excluding hydrogens is 354 g/mol. The van der Waals surface area contributed by atoms with E-state index in [1.54, 1.807) is 23.1 Å². The van der Waals surface area contributed by atoms with Crippen LogP contribution in [0, 0.1) is 6.92 Å². The van der Waals surface area contributed by atoms with Gasteiger partial charge in [0.25, 0.3) is 0 Å². The highest BCUT2D eigenvalue weighted by Crippen LogP contribution is 2.42. The van der Waals surface area contributed by atoms with Gasteiger partial charge >= 0.3 is 0 Å². The van der Waals surface area contributed by atoms with Gasteiger partial charge in [-0.2, -0.15) is 0 Å². The second-order valence-electron chi connectivity index (χ2n) is 6.02. The number of para-hydroxylation sites is 1. The molecule has 0 spiro atoms. The van der Waals surface area contributed by atoms with Gasteiger partial charge in [0.05, 0.1) is 10.2 Å². The van der Waals surface area contributed by atoms with Gasteiger partial charge in [0, 0.05) is 10.3 Å². The van der Waals surface area contributed by atoms with E-state index in [9.17, 15) is 0 Å². The summed E-state index contributed by atoms with van der Waals surface area (Å²) in [7, 11) is 0. The number of aromatic nitrogens is 3. The maximum atomic E-state index is 4.77. The molecular formula is C18H15N3S3. The Balaban J connectivity index is 1.66. The number of hydrogen-bond donors (Lipinski definition) is 0. The van der Waals surface area contributed by atoms with E-state index in [0.717, 1.165) is 32.0 Å². The third-order valence-corrected chi connectivity index (χ3v) is 7.62. The Bertz CT molecular complexity index is 1030. The second kappa shape index (κ2) is 5.79. The molecule has 24 heavy (non-hydrogen) atoms. The lowest BCUT2D eigenvalue weighted by molar-refractivity contribution is 0.699. The Morgan fingerprint density at radius 1 is 1.00 bits per heavy atom. The van der Waals surface area contributed by atoms with E-state index in [2.05, 4.69) is 18.2 Å². The first kappa shape index (κ1) is 14.8. The molecule has 0 N–H and O–H groups in total. The van der Waals surface area contributed by atoms with Crippen LogP contribution in [0.25, 0.3) is 20.4 Å². The van der Waals surface area contributed by atoms with Crippen LogP contribution < -0.4 is 0 Å². The largest absolute Gasteiger partial charge is 0.229 e. The molecule has 3 heterocycles. The number of benzene rings is 1. The van der Waals surface area contributed by atoms with Gasteiger partial charge in [-0.3, -0.25) is 0 Å². The lowest BCUT2D eigenvalue weighted by Gasteiger charge is -2.11. The van der Waals surface area contributed by atoms with E-state index < -0.39 is 0 Å². The topological polar surface area (TPSA) is 38.7 Å². The third-order valence-electron chi connectivity index (χ3n) is 4.35. The Hall–Kier alpha value is -1.50. The third kappa shape index (κ3) is 2.44. The number of thiazole rings is 1. The van der Waals surface area contributed by atoms with Crippen LogP contribution >= 0.6 is 34.4 Å². The van der Waals surface area contributed by atoms with Crippen molar-refractivity contribution in [3.8, 4) is 0 Å². The SMILES string of the molecule is Cc1nc(Sc2nc3ccccc3s2)c2c3c(sc2n1)CCCC3. The Morgan fingerprint density at radius 2 is 1.88 bits per heavy atom. The minimum absolute atomic E-state index is 0.852. The van der Waals surface area contributed by atoms with Crippen molar-refractivity contribution in [1.82, 2.24) is 15.0 Å². The zero-order valence-corrected chi connectivity index (χ0v) is 15.7. The number of rotatable bonds is 2. The monoisotopic (exact) mass is 369 g/mol. The number of hydrogen-bond acceptors (Lipinski definition) is 6. The quantitative estimate of drug-likeness (QED) is 0.429. The van der Waals surface area contributed by atoms with Gasteiger partial charge in [-0.15, -0.1) is 22.7 Å². The summed E-state index contributed by atoms with van der Waals surface area (Å²) in [6, 6.07) is 8.31. The number of thiophene rings is 1. The predicted octanol–water partition coefficient (Wildman–Crippen LogP) is 5.64. The van der Waals surface area contributed by atoms with Crippen LogP contribution in [-0.4, -0.2) is 15.0 Å². The highest BCUT2D eigenvalue weighted by Gasteiger charge is 2.21. The molecule has 0 bridgehead atoms.